The minimum absolute atomic E-state index is 0.0214. The smallest absolute Gasteiger partial charge is 0.311 e. The molecule has 2 unspecified atom stereocenters. The van der Waals surface area contributed by atoms with E-state index in [1.54, 1.807) is 38.1 Å². The normalized spacial score (nSPS) is 19.2. The van der Waals surface area contributed by atoms with Gasteiger partial charge in [0.25, 0.3) is 5.91 Å². The van der Waals surface area contributed by atoms with Crippen LogP contribution in [0.5, 0.6) is 0 Å². The molecular weight excluding hydrogens is 320 g/mol. The summed E-state index contributed by atoms with van der Waals surface area (Å²) in [4.78, 5) is 35.9. The van der Waals surface area contributed by atoms with Crippen molar-refractivity contribution in [2.45, 2.75) is 40.0 Å². The third-order valence-corrected chi connectivity index (χ3v) is 5.23. The van der Waals surface area contributed by atoms with Gasteiger partial charge in [0.1, 0.15) is 0 Å². The molecule has 0 spiro atoms. The maximum atomic E-state index is 12.4. The summed E-state index contributed by atoms with van der Waals surface area (Å²) < 4.78 is 0. The second-order valence-electron chi connectivity index (χ2n) is 6.86. The molecule has 0 aromatic heterocycles. The van der Waals surface area contributed by atoms with Gasteiger partial charge in [-0.05, 0) is 43.4 Å². The third-order valence-electron chi connectivity index (χ3n) is 5.23. The number of hydrogen-bond acceptors (Lipinski definition) is 3. The zero-order valence-electron chi connectivity index (χ0n) is 15.0. The molecule has 2 amide bonds. The number of nitrogens with one attached hydrogen (secondary N) is 2. The van der Waals surface area contributed by atoms with Crippen LogP contribution >= 0.6 is 0 Å². The molecule has 2 rings (SSSR count). The first kappa shape index (κ1) is 19.0. The van der Waals surface area contributed by atoms with Crippen LogP contribution in [0.1, 0.15) is 50.4 Å². The van der Waals surface area contributed by atoms with Crippen molar-refractivity contribution in [1.29, 1.82) is 0 Å². The molecule has 6 heteroatoms. The highest BCUT2D eigenvalue weighted by molar-refractivity contribution is 5.98. The number of anilines is 1. The van der Waals surface area contributed by atoms with E-state index in [1.165, 1.54) is 0 Å². The highest BCUT2D eigenvalue weighted by Gasteiger charge is 2.39. The maximum absolute atomic E-state index is 12.4. The molecule has 1 aromatic rings. The van der Waals surface area contributed by atoms with Gasteiger partial charge in [-0.25, -0.2) is 0 Å². The van der Waals surface area contributed by atoms with Gasteiger partial charge in [0.15, 0.2) is 0 Å². The maximum Gasteiger partial charge on any atom is 0.311 e. The molecule has 1 saturated carbocycles. The van der Waals surface area contributed by atoms with Crippen molar-refractivity contribution in [2.24, 2.45) is 17.3 Å². The van der Waals surface area contributed by atoms with E-state index in [0.717, 1.165) is 6.42 Å². The summed E-state index contributed by atoms with van der Waals surface area (Å²) in [6.45, 7) is 5.71. The summed E-state index contributed by atoms with van der Waals surface area (Å²) in [5.74, 6) is -0.797. The summed E-state index contributed by atoms with van der Waals surface area (Å²) in [6, 6.07) is 6.69. The van der Waals surface area contributed by atoms with Crippen LogP contribution in [0.25, 0.3) is 0 Å². The lowest BCUT2D eigenvalue weighted by atomic mass is 9.82. The average molecular weight is 346 g/mol. The number of carbonyl (C=O) groups is 3. The second kappa shape index (κ2) is 7.68. The fourth-order valence-corrected chi connectivity index (χ4v) is 2.89. The number of amides is 2. The Hall–Kier alpha value is -2.37. The standard InChI is InChI=1S/C19H26N2O4/c1-4-19(5-2,18(24)25)11-20-16(22)13-7-6-8-14(10-13)21-17(23)15-9-12(15)3/h6-8,10,12,15H,4-5,9,11H2,1-3H3,(H,20,22)(H,21,23)(H,24,25). The van der Waals surface area contributed by atoms with Crippen LogP contribution in [0, 0.1) is 17.3 Å². The van der Waals surface area contributed by atoms with Crippen LogP contribution in [0.4, 0.5) is 5.69 Å². The third kappa shape index (κ3) is 4.38. The molecule has 0 radical (unpaired) electrons. The zero-order valence-corrected chi connectivity index (χ0v) is 15.0. The van der Waals surface area contributed by atoms with Gasteiger partial charge in [0.05, 0.1) is 5.41 Å². The molecule has 136 valence electrons. The van der Waals surface area contributed by atoms with Gasteiger partial charge in [-0.3, -0.25) is 14.4 Å². The largest absolute Gasteiger partial charge is 0.481 e. The first-order valence-corrected chi connectivity index (χ1v) is 8.75. The van der Waals surface area contributed by atoms with Crippen LogP contribution in [-0.4, -0.2) is 29.4 Å². The molecule has 0 saturated heterocycles. The van der Waals surface area contributed by atoms with Crippen molar-refractivity contribution in [3.63, 3.8) is 0 Å². The van der Waals surface area contributed by atoms with E-state index in [9.17, 15) is 19.5 Å². The summed E-state index contributed by atoms with van der Waals surface area (Å²) in [5.41, 5.74) is 0.0178. The van der Waals surface area contributed by atoms with Crippen LogP contribution in [0.2, 0.25) is 0 Å². The SMILES string of the molecule is CCC(CC)(CNC(=O)c1cccc(NC(=O)C2CC2C)c1)C(=O)O. The molecule has 1 aliphatic carbocycles. The average Bonchev–Trinajstić information content (AvgIpc) is 3.33. The highest BCUT2D eigenvalue weighted by Crippen LogP contribution is 2.38. The van der Waals surface area contributed by atoms with Gasteiger partial charge < -0.3 is 15.7 Å². The molecule has 0 heterocycles. The van der Waals surface area contributed by atoms with Crippen molar-refractivity contribution in [2.75, 3.05) is 11.9 Å². The topological polar surface area (TPSA) is 95.5 Å². The van der Waals surface area contributed by atoms with E-state index in [1.807, 2.05) is 6.92 Å². The van der Waals surface area contributed by atoms with Crippen molar-refractivity contribution in [1.82, 2.24) is 5.32 Å². The van der Waals surface area contributed by atoms with Gasteiger partial charge in [0.2, 0.25) is 5.91 Å². The summed E-state index contributed by atoms with van der Waals surface area (Å²) >= 11 is 0. The van der Waals surface area contributed by atoms with Gasteiger partial charge in [0, 0.05) is 23.7 Å². The van der Waals surface area contributed by atoms with Crippen molar-refractivity contribution >= 4 is 23.5 Å². The van der Waals surface area contributed by atoms with Crippen LogP contribution in [0.3, 0.4) is 0 Å². The molecule has 0 bridgehead atoms. The van der Waals surface area contributed by atoms with E-state index < -0.39 is 11.4 Å². The van der Waals surface area contributed by atoms with E-state index in [2.05, 4.69) is 10.6 Å². The minimum atomic E-state index is -0.955. The Kier molecular flexibility index (Phi) is 5.82. The quantitative estimate of drug-likeness (QED) is 0.674. The lowest BCUT2D eigenvalue weighted by Gasteiger charge is -2.26. The number of carboxylic acid groups (broad SMARTS) is 1. The lowest BCUT2D eigenvalue weighted by molar-refractivity contribution is -0.149. The fourth-order valence-electron chi connectivity index (χ4n) is 2.89. The number of aliphatic carboxylic acids is 1. The molecule has 0 aliphatic heterocycles. The second-order valence-corrected chi connectivity index (χ2v) is 6.86. The van der Waals surface area contributed by atoms with Crippen LogP contribution in [-0.2, 0) is 9.59 Å². The molecule has 1 aromatic carbocycles. The predicted molar refractivity (Wildman–Crippen MR) is 95.3 cm³/mol. The van der Waals surface area contributed by atoms with E-state index in [-0.39, 0.29) is 24.3 Å². The van der Waals surface area contributed by atoms with Crippen molar-refractivity contribution in [3.05, 3.63) is 29.8 Å². The van der Waals surface area contributed by atoms with E-state index in [0.29, 0.717) is 30.0 Å². The predicted octanol–water partition coefficient (Wildman–Crippen LogP) is 2.90. The Bertz CT molecular complexity index is 667. The zero-order chi connectivity index (χ0) is 18.6. The molecule has 3 N–H and O–H groups in total. The number of rotatable bonds is 8. The molecule has 25 heavy (non-hydrogen) atoms. The lowest BCUT2D eigenvalue weighted by Crippen LogP contribution is -2.42. The molecule has 1 fully saturated rings. The summed E-state index contributed by atoms with van der Waals surface area (Å²) in [5, 5.41) is 15.0. The Labute approximate surface area is 148 Å². The molecule has 6 nitrogen and oxygen atoms in total. The van der Waals surface area contributed by atoms with Gasteiger partial charge in [-0.15, -0.1) is 0 Å². The Morgan fingerprint density at radius 2 is 1.88 bits per heavy atom. The van der Waals surface area contributed by atoms with Crippen LogP contribution < -0.4 is 10.6 Å². The van der Waals surface area contributed by atoms with Crippen molar-refractivity contribution < 1.29 is 19.5 Å². The van der Waals surface area contributed by atoms with E-state index >= 15 is 0 Å². The minimum Gasteiger partial charge on any atom is -0.481 e. The van der Waals surface area contributed by atoms with Gasteiger partial charge in [-0.1, -0.05) is 26.8 Å². The van der Waals surface area contributed by atoms with Crippen molar-refractivity contribution in [3.8, 4) is 0 Å². The number of carboxylic acids is 1. The fraction of sp³-hybridized carbons (Fsp3) is 0.526. The van der Waals surface area contributed by atoms with Crippen LogP contribution in [0.15, 0.2) is 24.3 Å². The Morgan fingerprint density at radius 3 is 2.40 bits per heavy atom. The molecule has 1 aliphatic rings. The van der Waals surface area contributed by atoms with E-state index in [4.69, 9.17) is 0 Å². The Balaban J connectivity index is 2.01. The first-order valence-electron chi connectivity index (χ1n) is 8.75. The Morgan fingerprint density at radius 1 is 1.24 bits per heavy atom. The number of benzene rings is 1. The number of carbonyl (C=O) groups excluding carboxylic acids is 2. The highest BCUT2D eigenvalue weighted by atomic mass is 16.4. The summed E-state index contributed by atoms with van der Waals surface area (Å²) in [6.07, 6.45) is 1.78. The summed E-state index contributed by atoms with van der Waals surface area (Å²) in [7, 11) is 0. The van der Waals surface area contributed by atoms with Gasteiger partial charge >= 0.3 is 5.97 Å². The molecule has 2 atom stereocenters. The van der Waals surface area contributed by atoms with Gasteiger partial charge in [-0.2, -0.15) is 0 Å². The first-order chi connectivity index (χ1) is 11.8. The monoisotopic (exact) mass is 346 g/mol. The molecular formula is C19H26N2O4. The number of hydrogen-bond donors (Lipinski definition) is 3.